The third kappa shape index (κ3) is 2.65. The number of fused-ring (bicyclic) bond motifs is 1. The fourth-order valence-corrected chi connectivity index (χ4v) is 2.42. The van der Waals surface area contributed by atoms with E-state index in [0.29, 0.717) is 11.4 Å². The lowest BCUT2D eigenvalue weighted by atomic mass is 10.2. The van der Waals surface area contributed by atoms with Crippen molar-refractivity contribution in [3.63, 3.8) is 0 Å². The predicted octanol–water partition coefficient (Wildman–Crippen LogP) is 1.51. The summed E-state index contributed by atoms with van der Waals surface area (Å²) in [7, 11) is 3.48. The van der Waals surface area contributed by atoms with Gasteiger partial charge in [-0.1, -0.05) is 24.4 Å². The minimum absolute atomic E-state index is 0.0114. The molecule has 1 unspecified atom stereocenters. The molecular formula is C14H18N4OS. The number of amides is 1. The standard InChI is InChI=1S/C14H18N4OS/c1-9(14(19)17(2)3)18-11-7-5-4-6-10(11)16-13(18)8-12(15)20/h4-7,9H,8H2,1-3H3,(H2,15,20). The highest BCUT2D eigenvalue weighted by Gasteiger charge is 2.22. The van der Waals surface area contributed by atoms with Crippen molar-refractivity contribution in [3.05, 3.63) is 30.1 Å². The van der Waals surface area contributed by atoms with E-state index in [0.717, 1.165) is 16.9 Å². The Labute approximate surface area is 123 Å². The molecule has 2 N–H and O–H groups in total. The molecule has 1 aromatic carbocycles. The molecule has 0 saturated carbocycles. The molecule has 0 spiro atoms. The normalized spacial score (nSPS) is 12.3. The fraction of sp³-hybridized carbons (Fsp3) is 0.357. The van der Waals surface area contributed by atoms with Gasteiger partial charge in [0.05, 0.1) is 22.4 Å². The molecule has 20 heavy (non-hydrogen) atoms. The van der Waals surface area contributed by atoms with Crippen LogP contribution in [0.3, 0.4) is 0 Å². The molecule has 2 aromatic rings. The van der Waals surface area contributed by atoms with Crippen LogP contribution >= 0.6 is 12.2 Å². The lowest BCUT2D eigenvalue weighted by Crippen LogP contribution is -2.31. The zero-order chi connectivity index (χ0) is 14.9. The van der Waals surface area contributed by atoms with Gasteiger partial charge in [0.1, 0.15) is 11.9 Å². The Morgan fingerprint density at radius 1 is 1.45 bits per heavy atom. The van der Waals surface area contributed by atoms with Crippen LogP contribution in [-0.4, -0.2) is 39.4 Å². The number of carbonyl (C=O) groups excluding carboxylic acids is 1. The van der Waals surface area contributed by atoms with Gasteiger partial charge in [0, 0.05) is 14.1 Å². The van der Waals surface area contributed by atoms with E-state index in [4.69, 9.17) is 18.0 Å². The molecule has 0 saturated heterocycles. The van der Waals surface area contributed by atoms with Gasteiger partial charge in [0.2, 0.25) is 5.91 Å². The Morgan fingerprint density at radius 3 is 2.70 bits per heavy atom. The first-order chi connectivity index (χ1) is 9.41. The van der Waals surface area contributed by atoms with Crippen molar-refractivity contribution in [2.45, 2.75) is 19.4 Å². The summed E-state index contributed by atoms with van der Waals surface area (Å²) in [5, 5.41) is 0. The van der Waals surface area contributed by atoms with Crippen LogP contribution in [0.4, 0.5) is 0 Å². The summed E-state index contributed by atoms with van der Waals surface area (Å²) < 4.78 is 1.91. The molecule has 1 atom stereocenters. The Bertz CT molecular complexity index is 662. The number of carbonyl (C=O) groups is 1. The number of benzene rings is 1. The first-order valence-corrected chi connectivity index (χ1v) is 6.78. The Balaban J connectivity index is 2.58. The number of aromatic nitrogens is 2. The van der Waals surface area contributed by atoms with Gasteiger partial charge >= 0.3 is 0 Å². The molecule has 1 heterocycles. The van der Waals surface area contributed by atoms with Crippen molar-refractivity contribution in [2.75, 3.05) is 14.1 Å². The number of thiocarbonyl (C=S) groups is 1. The molecule has 5 nitrogen and oxygen atoms in total. The summed E-state index contributed by atoms with van der Waals surface area (Å²) in [6, 6.07) is 7.37. The van der Waals surface area contributed by atoms with Gasteiger partial charge in [-0.05, 0) is 19.1 Å². The summed E-state index contributed by atoms with van der Waals surface area (Å²) in [5.41, 5.74) is 7.40. The molecule has 0 aliphatic carbocycles. The second kappa shape index (κ2) is 5.58. The minimum Gasteiger partial charge on any atom is -0.393 e. The number of para-hydroxylation sites is 2. The van der Waals surface area contributed by atoms with Crippen LogP contribution in [-0.2, 0) is 11.2 Å². The number of hydrogen-bond donors (Lipinski definition) is 1. The topological polar surface area (TPSA) is 64.2 Å². The summed E-state index contributed by atoms with van der Waals surface area (Å²) in [5.74, 6) is 0.735. The quantitative estimate of drug-likeness (QED) is 0.867. The number of imidazole rings is 1. The van der Waals surface area contributed by atoms with E-state index in [9.17, 15) is 4.79 Å². The van der Waals surface area contributed by atoms with Gasteiger partial charge < -0.3 is 15.2 Å². The summed E-state index contributed by atoms with van der Waals surface area (Å²) in [6.45, 7) is 1.86. The smallest absolute Gasteiger partial charge is 0.244 e. The van der Waals surface area contributed by atoms with Gasteiger partial charge in [0.15, 0.2) is 0 Å². The van der Waals surface area contributed by atoms with Crippen molar-refractivity contribution in [1.29, 1.82) is 0 Å². The van der Waals surface area contributed by atoms with Gasteiger partial charge in [0.25, 0.3) is 0 Å². The van der Waals surface area contributed by atoms with Crippen LogP contribution in [0.5, 0.6) is 0 Å². The van der Waals surface area contributed by atoms with Crippen molar-refractivity contribution in [3.8, 4) is 0 Å². The van der Waals surface area contributed by atoms with Crippen molar-refractivity contribution in [2.24, 2.45) is 5.73 Å². The van der Waals surface area contributed by atoms with Crippen LogP contribution in [0.1, 0.15) is 18.8 Å². The van der Waals surface area contributed by atoms with Crippen LogP contribution in [0.15, 0.2) is 24.3 Å². The molecule has 2 rings (SSSR count). The van der Waals surface area contributed by atoms with Crippen LogP contribution in [0.25, 0.3) is 11.0 Å². The molecule has 0 bridgehead atoms. The van der Waals surface area contributed by atoms with Crippen molar-refractivity contribution in [1.82, 2.24) is 14.5 Å². The lowest BCUT2D eigenvalue weighted by molar-refractivity contribution is -0.131. The lowest BCUT2D eigenvalue weighted by Gasteiger charge is -2.20. The Morgan fingerprint density at radius 2 is 2.10 bits per heavy atom. The van der Waals surface area contributed by atoms with E-state index < -0.39 is 0 Å². The third-order valence-electron chi connectivity index (χ3n) is 3.19. The van der Waals surface area contributed by atoms with Gasteiger partial charge in [-0.25, -0.2) is 4.98 Å². The monoisotopic (exact) mass is 290 g/mol. The van der Waals surface area contributed by atoms with E-state index in [2.05, 4.69) is 4.98 Å². The minimum atomic E-state index is -0.346. The van der Waals surface area contributed by atoms with Crippen LogP contribution in [0, 0.1) is 0 Å². The summed E-state index contributed by atoms with van der Waals surface area (Å²) in [4.78, 5) is 18.7. The zero-order valence-corrected chi connectivity index (χ0v) is 12.6. The van der Waals surface area contributed by atoms with Gasteiger partial charge in [-0.15, -0.1) is 0 Å². The van der Waals surface area contributed by atoms with Gasteiger partial charge in [-0.3, -0.25) is 4.79 Å². The molecule has 0 aliphatic rings. The second-order valence-electron chi connectivity index (χ2n) is 4.94. The Kier molecular flexibility index (Phi) is 4.04. The zero-order valence-electron chi connectivity index (χ0n) is 11.8. The van der Waals surface area contributed by atoms with Crippen molar-refractivity contribution >= 4 is 34.1 Å². The highest BCUT2D eigenvalue weighted by molar-refractivity contribution is 7.80. The average molecular weight is 290 g/mol. The molecule has 0 aliphatic heterocycles. The predicted molar refractivity (Wildman–Crippen MR) is 83.6 cm³/mol. The van der Waals surface area contributed by atoms with E-state index in [1.54, 1.807) is 19.0 Å². The molecule has 106 valence electrons. The van der Waals surface area contributed by atoms with E-state index in [-0.39, 0.29) is 11.9 Å². The summed E-state index contributed by atoms with van der Waals surface area (Å²) in [6.07, 6.45) is 0.384. The highest BCUT2D eigenvalue weighted by atomic mass is 32.1. The molecule has 0 radical (unpaired) electrons. The number of nitrogens with two attached hydrogens (primary N) is 1. The second-order valence-corrected chi connectivity index (χ2v) is 5.46. The number of rotatable bonds is 4. The van der Waals surface area contributed by atoms with Crippen LogP contribution in [0.2, 0.25) is 0 Å². The molecule has 1 aromatic heterocycles. The van der Waals surface area contributed by atoms with Crippen molar-refractivity contribution < 1.29 is 4.79 Å². The molecule has 6 heteroatoms. The number of likely N-dealkylation sites (N-methyl/N-ethyl adjacent to an activating group) is 1. The highest BCUT2D eigenvalue weighted by Crippen LogP contribution is 2.22. The number of hydrogen-bond acceptors (Lipinski definition) is 3. The first-order valence-electron chi connectivity index (χ1n) is 6.37. The number of nitrogens with zero attached hydrogens (tertiary/aromatic N) is 3. The third-order valence-corrected chi connectivity index (χ3v) is 3.33. The Hall–Kier alpha value is -1.95. The van der Waals surface area contributed by atoms with Crippen LogP contribution < -0.4 is 5.73 Å². The van der Waals surface area contributed by atoms with E-state index in [1.165, 1.54) is 0 Å². The summed E-state index contributed by atoms with van der Waals surface area (Å²) >= 11 is 4.97. The maximum absolute atomic E-state index is 12.2. The largest absolute Gasteiger partial charge is 0.393 e. The molecule has 1 amide bonds. The van der Waals surface area contributed by atoms with E-state index in [1.807, 2.05) is 35.8 Å². The maximum atomic E-state index is 12.2. The maximum Gasteiger partial charge on any atom is 0.244 e. The SMILES string of the molecule is CC(C(=O)N(C)C)n1c(CC(N)=S)nc2ccccc21. The average Bonchev–Trinajstić information content (AvgIpc) is 2.73. The van der Waals surface area contributed by atoms with E-state index >= 15 is 0 Å². The fourth-order valence-electron chi connectivity index (χ4n) is 2.29. The van der Waals surface area contributed by atoms with Gasteiger partial charge in [-0.2, -0.15) is 0 Å². The molecular weight excluding hydrogens is 272 g/mol. The first kappa shape index (κ1) is 14.5. The molecule has 0 fully saturated rings.